The van der Waals surface area contributed by atoms with Crippen molar-refractivity contribution in [3.63, 3.8) is 0 Å². The van der Waals surface area contributed by atoms with Crippen molar-refractivity contribution in [3.05, 3.63) is 12.2 Å². The number of cyclic esters (lactones) is 1. The van der Waals surface area contributed by atoms with Gasteiger partial charge < -0.3 is 4.74 Å². The minimum atomic E-state index is -0.966. The largest absolute Gasteiger partial charge is 0.448 e. The second kappa shape index (κ2) is 1.94. The van der Waals surface area contributed by atoms with E-state index in [2.05, 4.69) is 0 Å². The highest BCUT2D eigenvalue weighted by Crippen LogP contribution is 2.15. The van der Waals surface area contributed by atoms with Crippen LogP contribution in [0, 0.1) is 0 Å². The van der Waals surface area contributed by atoms with Gasteiger partial charge in [-0.2, -0.15) is 0 Å². The number of rotatable bonds is 0. The monoisotopic (exact) mass is 140 g/mol. The Morgan fingerprint density at radius 3 is 2.30 bits per heavy atom. The molecule has 0 spiro atoms. The van der Waals surface area contributed by atoms with E-state index in [1.807, 2.05) is 0 Å². The summed E-state index contributed by atoms with van der Waals surface area (Å²) in [5, 5.41) is 0. The Morgan fingerprint density at radius 1 is 1.30 bits per heavy atom. The molecule has 1 heterocycles. The molecule has 0 aromatic rings. The van der Waals surface area contributed by atoms with Gasteiger partial charge in [-0.15, -0.1) is 0 Å². The summed E-state index contributed by atoms with van der Waals surface area (Å²) < 4.78 is 4.71. The topological polar surface area (TPSA) is 43.4 Å². The van der Waals surface area contributed by atoms with Gasteiger partial charge in [0.15, 0.2) is 11.4 Å². The van der Waals surface area contributed by atoms with Gasteiger partial charge in [0.25, 0.3) is 0 Å². The number of carbonyl (C=O) groups is 2. The van der Waals surface area contributed by atoms with Crippen LogP contribution in [0.1, 0.15) is 13.8 Å². The van der Waals surface area contributed by atoms with E-state index in [-0.39, 0.29) is 5.78 Å². The third-order valence-corrected chi connectivity index (χ3v) is 1.32. The summed E-state index contributed by atoms with van der Waals surface area (Å²) in [5.74, 6) is -0.628. The summed E-state index contributed by atoms with van der Waals surface area (Å²) in [4.78, 5) is 21.5. The van der Waals surface area contributed by atoms with E-state index in [1.54, 1.807) is 13.8 Å². The molecule has 3 nitrogen and oxygen atoms in total. The molecular weight excluding hydrogens is 132 g/mol. The number of ether oxygens (including phenoxy) is 1. The summed E-state index contributed by atoms with van der Waals surface area (Å²) in [7, 11) is 0. The number of hydrogen-bond donors (Lipinski definition) is 0. The second-order valence-corrected chi connectivity index (χ2v) is 2.63. The highest BCUT2D eigenvalue weighted by atomic mass is 16.6. The van der Waals surface area contributed by atoms with Gasteiger partial charge >= 0.3 is 5.97 Å². The summed E-state index contributed by atoms with van der Waals surface area (Å²) in [5.41, 5.74) is -0.966. The van der Waals surface area contributed by atoms with Crippen LogP contribution in [0.4, 0.5) is 0 Å². The zero-order chi connectivity index (χ0) is 7.78. The molecular formula is C7H8O3. The number of hydrogen-bond acceptors (Lipinski definition) is 3. The average molecular weight is 140 g/mol. The van der Waals surface area contributed by atoms with Gasteiger partial charge in [0.05, 0.1) is 0 Å². The third-order valence-electron chi connectivity index (χ3n) is 1.32. The summed E-state index contributed by atoms with van der Waals surface area (Å²) in [6, 6.07) is 0. The smallest absolute Gasteiger partial charge is 0.331 e. The lowest BCUT2D eigenvalue weighted by molar-refractivity contribution is -0.159. The molecule has 0 fully saturated rings. The minimum Gasteiger partial charge on any atom is -0.448 e. The van der Waals surface area contributed by atoms with Crippen LogP contribution in [0.15, 0.2) is 12.2 Å². The molecule has 0 atom stereocenters. The highest BCUT2D eigenvalue weighted by molar-refractivity contribution is 6.05. The normalized spacial score (nSPS) is 22.6. The van der Waals surface area contributed by atoms with Crippen LogP contribution in [0.3, 0.4) is 0 Å². The van der Waals surface area contributed by atoms with Crippen LogP contribution in [-0.2, 0) is 14.3 Å². The zero-order valence-electron chi connectivity index (χ0n) is 5.88. The molecule has 0 aromatic carbocycles. The molecule has 0 aromatic heterocycles. The van der Waals surface area contributed by atoms with E-state index in [0.717, 1.165) is 6.08 Å². The first kappa shape index (κ1) is 6.99. The highest BCUT2D eigenvalue weighted by Gasteiger charge is 2.32. The molecule has 0 unspecified atom stereocenters. The summed E-state index contributed by atoms with van der Waals surface area (Å²) >= 11 is 0. The van der Waals surface area contributed by atoms with Crippen LogP contribution >= 0.6 is 0 Å². The third kappa shape index (κ3) is 1.07. The maximum Gasteiger partial charge on any atom is 0.331 e. The maximum atomic E-state index is 10.9. The lowest BCUT2D eigenvalue weighted by Crippen LogP contribution is -2.38. The van der Waals surface area contributed by atoms with Gasteiger partial charge in [-0.25, -0.2) is 4.79 Å². The van der Waals surface area contributed by atoms with Crippen molar-refractivity contribution in [2.75, 3.05) is 0 Å². The molecule has 54 valence electrons. The Morgan fingerprint density at radius 2 is 1.90 bits per heavy atom. The first-order valence-corrected chi connectivity index (χ1v) is 2.98. The van der Waals surface area contributed by atoms with Crippen LogP contribution < -0.4 is 0 Å². The zero-order valence-corrected chi connectivity index (χ0v) is 5.88. The molecule has 0 aliphatic carbocycles. The summed E-state index contributed by atoms with van der Waals surface area (Å²) in [6.07, 6.45) is 2.37. The molecule has 3 heteroatoms. The first-order valence-electron chi connectivity index (χ1n) is 2.98. The Bertz CT molecular complexity index is 213. The van der Waals surface area contributed by atoms with E-state index in [1.165, 1.54) is 6.08 Å². The van der Waals surface area contributed by atoms with E-state index in [4.69, 9.17) is 4.74 Å². The van der Waals surface area contributed by atoms with Crippen molar-refractivity contribution in [2.24, 2.45) is 0 Å². The molecule has 0 saturated heterocycles. The number of carbonyl (C=O) groups excluding carboxylic acids is 2. The van der Waals surface area contributed by atoms with Crippen molar-refractivity contribution in [1.82, 2.24) is 0 Å². The van der Waals surface area contributed by atoms with Gasteiger partial charge in [-0.1, -0.05) is 0 Å². The van der Waals surface area contributed by atoms with Gasteiger partial charge in [-0.3, -0.25) is 4.79 Å². The Labute approximate surface area is 58.7 Å². The number of esters is 1. The molecule has 0 saturated carbocycles. The summed E-state index contributed by atoms with van der Waals surface area (Å²) in [6.45, 7) is 3.13. The average Bonchev–Trinajstić information content (AvgIpc) is 1.78. The molecule has 1 aliphatic rings. The predicted octanol–water partition coefficient (Wildman–Crippen LogP) is 0.447. The van der Waals surface area contributed by atoms with E-state index >= 15 is 0 Å². The van der Waals surface area contributed by atoms with Gasteiger partial charge in [-0.05, 0) is 19.9 Å². The standard InChI is InChI=1S/C7H8O3/c1-7(2)5(8)3-4-6(9)10-7/h3-4H,1-2H3. The molecule has 0 N–H and O–H groups in total. The molecule has 1 rings (SSSR count). The second-order valence-electron chi connectivity index (χ2n) is 2.63. The maximum absolute atomic E-state index is 10.9. The Hall–Kier alpha value is -1.12. The first-order chi connectivity index (χ1) is 4.52. The van der Waals surface area contributed by atoms with Crippen molar-refractivity contribution in [1.29, 1.82) is 0 Å². The lowest BCUT2D eigenvalue weighted by atomic mass is 10.0. The van der Waals surface area contributed by atoms with Crippen molar-refractivity contribution in [2.45, 2.75) is 19.4 Å². The Kier molecular flexibility index (Phi) is 1.35. The minimum absolute atomic E-state index is 0.174. The predicted molar refractivity (Wildman–Crippen MR) is 34.3 cm³/mol. The van der Waals surface area contributed by atoms with Crippen molar-refractivity contribution >= 4 is 11.8 Å². The Balaban J connectivity index is 2.93. The molecule has 0 bridgehead atoms. The molecule has 10 heavy (non-hydrogen) atoms. The van der Waals surface area contributed by atoms with Gasteiger partial charge in [0, 0.05) is 6.08 Å². The van der Waals surface area contributed by atoms with E-state index in [0.29, 0.717) is 0 Å². The van der Waals surface area contributed by atoms with Crippen molar-refractivity contribution < 1.29 is 14.3 Å². The quantitative estimate of drug-likeness (QED) is 0.459. The lowest BCUT2D eigenvalue weighted by Gasteiger charge is -2.23. The van der Waals surface area contributed by atoms with Crippen LogP contribution in [0.25, 0.3) is 0 Å². The van der Waals surface area contributed by atoms with Crippen LogP contribution in [0.5, 0.6) is 0 Å². The van der Waals surface area contributed by atoms with Crippen LogP contribution in [-0.4, -0.2) is 17.4 Å². The van der Waals surface area contributed by atoms with E-state index in [9.17, 15) is 9.59 Å². The van der Waals surface area contributed by atoms with Crippen LogP contribution in [0.2, 0.25) is 0 Å². The van der Waals surface area contributed by atoms with Crippen molar-refractivity contribution in [3.8, 4) is 0 Å². The van der Waals surface area contributed by atoms with Gasteiger partial charge in [0.1, 0.15) is 0 Å². The fraction of sp³-hybridized carbons (Fsp3) is 0.429. The SMILES string of the molecule is CC1(C)OC(=O)C=CC1=O. The van der Waals surface area contributed by atoms with Gasteiger partial charge in [0.2, 0.25) is 0 Å². The number of ketones is 1. The molecule has 0 radical (unpaired) electrons. The fourth-order valence-electron chi connectivity index (χ4n) is 0.680. The van der Waals surface area contributed by atoms with E-state index < -0.39 is 11.6 Å². The fourth-order valence-corrected chi connectivity index (χ4v) is 0.680. The molecule has 1 aliphatic heterocycles. The molecule has 0 amide bonds.